The molecule has 0 unspecified atom stereocenters. The van der Waals surface area contributed by atoms with Gasteiger partial charge in [0, 0.05) is 26.8 Å². The van der Waals surface area contributed by atoms with Crippen LogP contribution in [-0.2, 0) is 11.3 Å². The number of anilines is 1. The predicted molar refractivity (Wildman–Crippen MR) is 73.9 cm³/mol. The van der Waals surface area contributed by atoms with Gasteiger partial charge in [0.2, 0.25) is 0 Å². The van der Waals surface area contributed by atoms with Crippen LogP contribution in [-0.4, -0.2) is 30.0 Å². The average molecular weight is 316 g/mol. The Morgan fingerprint density at radius 1 is 1.61 bits per heavy atom. The molecule has 0 radical (unpaired) electrons. The molecule has 1 aliphatic rings. The third kappa shape index (κ3) is 3.55. The molecule has 0 amide bonds. The van der Waals surface area contributed by atoms with Crippen molar-refractivity contribution in [1.82, 2.24) is 9.78 Å². The molecule has 0 aromatic carbocycles. The first kappa shape index (κ1) is 13.5. The van der Waals surface area contributed by atoms with Gasteiger partial charge in [-0.3, -0.25) is 4.79 Å². The number of nitrogens with one attached hydrogen (secondary N) is 1. The Hall–Kier alpha value is -0.880. The zero-order valence-electron chi connectivity index (χ0n) is 10.5. The maximum absolute atomic E-state index is 12.0. The first-order valence-electron chi connectivity index (χ1n) is 6.21. The first-order chi connectivity index (χ1) is 8.72. The highest BCUT2D eigenvalue weighted by Crippen LogP contribution is 2.30. The summed E-state index contributed by atoms with van der Waals surface area (Å²) in [7, 11) is 1.68. The molecule has 18 heavy (non-hydrogen) atoms. The van der Waals surface area contributed by atoms with Gasteiger partial charge in [-0.15, -0.1) is 0 Å². The summed E-state index contributed by atoms with van der Waals surface area (Å²) in [6, 6.07) is 0. The maximum atomic E-state index is 12.0. The molecule has 0 aliphatic heterocycles. The van der Waals surface area contributed by atoms with Crippen LogP contribution in [0, 0.1) is 5.92 Å². The van der Waals surface area contributed by atoms with Crippen LogP contribution in [0.2, 0.25) is 0 Å². The van der Waals surface area contributed by atoms with Gasteiger partial charge in [0.25, 0.3) is 5.56 Å². The second-order valence-corrected chi connectivity index (χ2v) is 5.37. The molecule has 1 saturated carbocycles. The van der Waals surface area contributed by atoms with E-state index >= 15 is 0 Å². The van der Waals surface area contributed by atoms with Gasteiger partial charge in [0.05, 0.1) is 11.9 Å². The highest BCUT2D eigenvalue weighted by molar-refractivity contribution is 9.10. The lowest BCUT2D eigenvalue weighted by Crippen LogP contribution is -2.25. The molecule has 1 aliphatic carbocycles. The van der Waals surface area contributed by atoms with Crippen LogP contribution in [0.5, 0.6) is 0 Å². The largest absolute Gasteiger partial charge is 0.385 e. The van der Waals surface area contributed by atoms with Crippen molar-refractivity contribution >= 4 is 21.6 Å². The van der Waals surface area contributed by atoms with Crippen molar-refractivity contribution in [1.29, 1.82) is 0 Å². The molecule has 0 atom stereocenters. The van der Waals surface area contributed by atoms with E-state index in [0.29, 0.717) is 17.0 Å². The Kier molecular flexibility index (Phi) is 4.77. The van der Waals surface area contributed by atoms with E-state index in [1.807, 2.05) is 0 Å². The van der Waals surface area contributed by atoms with Gasteiger partial charge >= 0.3 is 0 Å². The molecule has 5 nitrogen and oxygen atoms in total. The normalized spacial score (nSPS) is 14.8. The third-order valence-electron chi connectivity index (χ3n) is 2.95. The van der Waals surface area contributed by atoms with Gasteiger partial charge in [0.1, 0.15) is 4.47 Å². The summed E-state index contributed by atoms with van der Waals surface area (Å²) in [6.45, 7) is 2.21. The Morgan fingerprint density at radius 2 is 2.39 bits per heavy atom. The van der Waals surface area contributed by atoms with E-state index in [1.165, 1.54) is 12.8 Å². The summed E-state index contributed by atoms with van der Waals surface area (Å²) in [5.41, 5.74) is 0.696. The van der Waals surface area contributed by atoms with Crippen molar-refractivity contribution in [2.24, 2.45) is 5.92 Å². The molecule has 100 valence electrons. The van der Waals surface area contributed by atoms with Gasteiger partial charge < -0.3 is 10.1 Å². The average Bonchev–Trinajstić information content (AvgIpc) is 3.17. The van der Waals surface area contributed by atoms with E-state index in [9.17, 15) is 4.79 Å². The van der Waals surface area contributed by atoms with Crippen molar-refractivity contribution < 1.29 is 4.74 Å². The summed E-state index contributed by atoms with van der Waals surface area (Å²) < 4.78 is 7.08. The number of halogens is 1. The second-order valence-electron chi connectivity index (χ2n) is 4.58. The van der Waals surface area contributed by atoms with E-state index in [-0.39, 0.29) is 5.56 Å². The van der Waals surface area contributed by atoms with Crippen molar-refractivity contribution in [3.8, 4) is 0 Å². The number of hydrogen-bond donors (Lipinski definition) is 1. The molecule has 2 rings (SSSR count). The number of hydrogen-bond acceptors (Lipinski definition) is 4. The highest BCUT2D eigenvalue weighted by atomic mass is 79.9. The van der Waals surface area contributed by atoms with Crippen LogP contribution in [0.3, 0.4) is 0 Å². The Morgan fingerprint density at radius 3 is 3.06 bits per heavy atom. The smallest absolute Gasteiger partial charge is 0.283 e. The number of methoxy groups -OCH3 is 1. The van der Waals surface area contributed by atoms with Crippen molar-refractivity contribution in [2.45, 2.75) is 25.8 Å². The quantitative estimate of drug-likeness (QED) is 0.780. The van der Waals surface area contributed by atoms with Crippen LogP contribution in [0.25, 0.3) is 0 Å². The van der Waals surface area contributed by atoms with Crippen LogP contribution in [0.1, 0.15) is 19.3 Å². The lowest BCUT2D eigenvalue weighted by atomic mass is 10.4. The topological polar surface area (TPSA) is 56.1 Å². The first-order valence-corrected chi connectivity index (χ1v) is 7.00. The number of aromatic nitrogens is 2. The van der Waals surface area contributed by atoms with E-state index < -0.39 is 0 Å². The number of ether oxygens (including phenoxy) is 1. The molecular formula is C12H18BrN3O2. The fraction of sp³-hybridized carbons (Fsp3) is 0.667. The second kappa shape index (κ2) is 6.33. The molecule has 1 aromatic rings. The Bertz CT molecular complexity index is 457. The Labute approximate surface area is 115 Å². The summed E-state index contributed by atoms with van der Waals surface area (Å²) in [4.78, 5) is 12.0. The molecule has 1 N–H and O–H groups in total. The lowest BCUT2D eigenvalue weighted by molar-refractivity contribution is 0.198. The van der Waals surface area contributed by atoms with Gasteiger partial charge in [-0.2, -0.15) is 5.10 Å². The zero-order chi connectivity index (χ0) is 13.0. The minimum Gasteiger partial charge on any atom is -0.385 e. The van der Waals surface area contributed by atoms with Crippen LogP contribution in [0.4, 0.5) is 5.69 Å². The summed E-state index contributed by atoms with van der Waals surface area (Å²) in [5.74, 6) is 0.641. The molecule has 0 saturated heterocycles. The van der Waals surface area contributed by atoms with Gasteiger partial charge in [0.15, 0.2) is 0 Å². The highest BCUT2D eigenvalue weighted by Gasteiger charge is 2.23. The molecule has 1 fully saturated rings. The van der Waals surface area contributed by atoms with Crippen molar-refractivity contribution in [3.05, 3.63) is 21.0 Å². The molecule has 6 heteroatoms. The van der Waals surface area contributed by atoms with E-state index in [4.69, 9.17) is 4.74 Å². The summed E-state index contributed by atoms with van der Waals surface area (Å²) in [5, 5.41) is 7.38. The fourth-order valence-corrected chi connectivity index (χ4v) is 2.15. The van der Waals surface area contributed by atoms with E-state index in [1.54, 1.807) is 18.0 Å². The SMILES string of the molecule is COCCCNc1cnn(CC2CC2)c(=O)c1Br. The van der Waals surface area contributed by atoms with Gasteiger partial charge in [-0.1, -0.05) is 0 Å². The Balaban J connectivity index is 1.98. The van der Waals surface area contributed by atoms with Crippen molar-refractivity contribution in [3.63, 3.8) is 0 Å². The third-order valence-corrected chi connectivity index (χ3v) is 3.72. The van der Waals surface area contributed by atoms with Crippen LogP contribution in [0.15, 0.2) is 15.5 Å². The van der Waals surface area contributed by atoms with Crippen LogP contribution < -0.4 is 10.9 Å². The van der Waals surface area contributed by atoms with Gasteiger partial charge in [-0.25, -0.2) is 4.68 Å². The van der Waals surface area contributed by atoms with Crippen molar-refractivity contribution in [2.75, 3.05) is 25.6 Å². The van der Waals surface area contributed by atoms with E-state index in [0.717, 1.165) is 25.2 Å². The monoisotopic (exact) mass is 315 g/mol. The predicted octanol–water partition coefficient (Wildman–Crippen LogP) is 1.86. The molecule has 1 heterocycles. The minimum absolute atomic E-state index is 0.0568. The lowest BCUT2D eigenvalue weighted by Gasteiger charge is -2.10. The molecule has 0 bridgehead atoms. The maximum Gasteiger partial charge on any atom is 0.283 e. The van der Waals surface area contributed by atoms with Gasteiger partial charge in [-0.05, 0) is 41.1 Å². The molecule has 0 spiro atoms. The number of rotatable bonds is 7. The standard InChI is InChI=1S/C12H18BrN3O2/c1-18-6-2-5-14-10-7-15-16(8-9-3-4-9)12(17)11(10)13/h7,9,14H,2-6,8H2,1H3. The minimum atomic E-state index is -0.0568. The van der Waals surface area contributed by atoms with Crippen LogP contribution >= 0.6 is 15.9 Å². The number of nitrogens with zero attached hydrogens (tertiary/aromatic N) is 2. The zero-order valence-corrected chi connectivity index (χ0v) is 12.1. The molecule has 1 aromatic heterocycles. The summed E-state index contributed by atoms with van der Waals surface area (Å²) >= 11 is 3.34. The van der Waals surface area contributed by atoms with E-state index in [2.05, 4.69) is 26.3 Å². The fourth-order valence-electron chi connectivity index (χ4n) is 1.70. The summed E-state index contributed by atoms with van der Waals surface area (Å²) in [6.07, 6.45) is 5.03. The molecular weight excluding hydrogens is 298 g/mol.